The Hall–Kier alpha value is -2.00. The summed E-state index contributed by atoms with van der Waals surface area (Å²) in [6.07, 6.45) is 0.403. The highest BCUT2D eigenvalue weighted by molar-refractivity contribution is 6.31. The van der Waals surface area contributed by atoms with Gasteiger partial charge >= 0.3 is 0 Å². The predicted octanol–water partition coefficient (Wildman–Crippen LogP) is 4.40. The van der Waals surface area contributed by atoms with Gasteiger partial charge in [0.2, 0.25) is 5.91 Å². The zero-order valence-electron chi connectivity index (χ0n) is 12.2. The summed E-state index contributed by atoms with van der Waals surface area (Å²) in [6.45, 7) is 4.58. The molecule has 0 spiro atoms. The zero-order chi connectivity index (χ0) is 15.2. The van der Waals surface area contributed by atoms with Gasteiger partial charge in [-0.25, -0.2) is 0 Å². The molecule has 0 aliphatic heterocycles. The number of amides is 1. The molecule has 4 heteroatoms. The Balaban J connectivity index is 1.82. The van der Waals surface area contributed by atoms with Crippen LogP contribution in [0.4, 0.5) is 11.4 Å². The minimum atomic E-state index is -0.0278. The smallest absolute Gasteiger partial charge is 0.226 e. The van der Waals surface area contributed by atoms with E-state index in [-0.39, 0.29) is 5.91 Å². The van der Waals surface area contributed by atoms with Crippen molar-refractivity contribution < 1.29 is 4.79 Å². The van der Waals surface area contributed by atoms with Gasteiger partial charge < -0.3 is 10.6 Å². The molecule has 0 heterocycles. The van der Waals surface area contributed by atoms with Crippen molar-refractivity contribution in [2.24, 2.45) is 0 Å². The second-order valence-electron chi connectivity index (χ2n) is 5.05. The number of rotatable bonds is 5. The Morgan fingerprint density at radius 1 is 1.10 bits per heavy atom. The highest BCUT2D eigenvalue weighted by Crippen LogP contribution is 2.20. The SMILES string of the molecule is Cc1ccc(NCCC(=O)Nc2cc(Cl)ccc2C)cc1. The minimum absolute atomic E-state index is 0.0278. The monoisotopic (exact) mass is 302 g/mol. The van der Waals surface area contributed by atoms with Crippen LogP contribution in [0, 0.1) is 13.8 Å². The fourth-order valence-electron chi connectivity index (χ4n) is 1.93. The summed E-state index contributed by atoms with van der Waals surface area (Å²) in [6, 6.07) is 13.6. The summed E-state index contributed by atoms with van der Waals surface area (Å²) < 4.78 is 0. The largest absolute Gasteiger partial charge is 0.385 e. The maximum atomic E-state index is 11.9. The summed E-state index contributed by atoms with van der Waals surface area (Å²) in [5.41, 5.74) is 4.00. The number of carbonyl (C=O) groups is 1. The van der Waals surface area contributed by atoms with E-state index >= 15 is 0 Å². The third-order valence-corrected chi connectivity index (χ3v) is 3.44. The topological polar surface area (TPSA) is 41.1 Å². The molecule has 0 aliphatic carbocycles. The zero-order valence-corrected chi connectivity index (χ0v) is 13.0. The number of halogens is 1. The summed E-state index contributed by atoms with van der Waals surface area (Å²) in [7, 11) is 0. The van der Waals surface area contributed by atoms with E-state index in [1.165, 1.54) is 5.56 Å². The molecule has 2 aromatic carbocycles. The van der Waals surface area contributed by atoms with Crippen molar-refractivity contribution in [3.63, 3.8) is 0 Å². The number of hydrogen-bond acceptors (Lipinski definition) is 2. The standard InChI is InChI=1S/C17H19ClN2O/c1-12-3-7-15(8-4-12)19-10-9-17(21)20-16-11-14(18)6-5-13(16)2/h3-8,11,19H,9-10H2,1-2H3,(H,20,21). The lowest BCUT2D eigenvalue weighted by Crippen LogP contribution is -2.16. The maximum absolute atomic E-state index is 11.9. The van der Waals surface area contributed by atoms with Crippen molar-refractivity contribution in [1.82, 2.24) is 0 Å². The second-order valence-corrected chi connectivity index (χ2v) is 5.49. The molecule has 110 valence electrons. The van der Waals surface area contributed by atoms with Crippen molar-refractivity contribution >= 4 is 28.9 Å². The first kappa shape index (κ1) is 15.4. The molecular weight excluding hydrogens is 284 g/mol. The third kappa shape index (κ3) is 4.80. The van der Waals surface area contributed by atoms with Crippen LogP contribution in [-0.2, 0) is 4.79 Å². The van der Waals surface area contributed by atoms with Crippen LogP contribution in [0.5, 0.6) is 0 Å². The van der Waals surface area contributed by atoms with Gasteiger partial charge in [0, 0.05) is 29.4 Å². The quantitative estimate of drug-likeness (QED) is 0.859. The van der Waals surface area contributed by atoms with Crippen molar-refractivity contribution in [2.45, 2.75) is 20.3 Å². The molecule has 0 radical (unpaired) electrons. The lowest BCUT2D eigenvalue weighted by molar-refractivity contribution is -0.115. The van der Waals surface area contributed by atoms with Gasteiger partial charge in [-0.1, -0.05) is 35.4 Å². The molecular formula is C17H19ClN2O. The van der Waals surface area contributed by atoms with E-state index in [0.717, 1.165) is 16.9 Å². The summed E-state index contributed by atoms with van der Waals surface area (Å²) in [5.74, 6) is -0.0278. The molecule has 1 amide bonds. The lowest BCUT2D eigenvalue weighted by atomic mass is 10.2. The van der Waals surface area contributed by atoms with E-state index in [2.05, 4.69) is 10.6 Å². The van der Waals surface area contributed by atoms with Crippen molar-refractivity contribution in [1.29, 1.82) is 0 Å². The molecule has 2 N–H and O–H groups in total. The van der Waals surface area contributed by atoms with E-state index in [4.69, 9.17) is 11.6 Å². The Morgan fingerprint density at radius 3 is 2.52 bits per heavy atom. The third-order valence-electron chi connectivity index (χ3n) is 3.21. The van der Waals surface area contributed by atoms with Gasteiger partial charge in [0.1, 0.15) is 0 Å². The first-order valence-corrected chi connectivity index (χ1v) is 7.29. The molecule has 3 nitrogen and oxygen atoms in total. The van der Waals surface area contributed by atoms with Gasteiger partial charge in [-0.2, -0.15) is 0 Å². The minimum Gasteiger partial charge on any atom is -0.385 e. The van der Waals surface area contributed by atoms with Gasteiger partial charge in [-0.15, -0.1) is 0 Å². The number of nitrogens with one attached hydrogen (secondary N) is 2. The van der Waals surface area contributed by atoms with Gasteiger partial charge in [0.15, 0.2) is 0 Å². The van der Waals surface area contributed by atoms with E-state index in [9.17, 15) is 4.79 Å². The molecule has 0 bridgehead atoms. The average molecular weight is 303 g/mol. The van der Waals surface area contributed by atoms with Gasteiger partial charge in [0.05, 0.1) is 0 Å². The Kier molecular flexibility index (Phi) is 5.23. The van der Waals surface area contributed by atoms with Gasteiger partial charge in [-0.05, 0) is 43.7 Å². The summed E-state index contributed by atoms with van der Waals surface area (Å²) in [4.78, 5) is 11.9. The molecule has 2 aromatic rings. The average Bonchev–Trinajstić information content (AvgIpc) is 2.45. The number of aryl methyl sites for hydroxylation is 2. The normalized spacial score (nSPS) is 10.2. The van der Waals surface area contributed by atoms with Crippen LogP contribution >= 0.6 is 11.6 Å². The number of carbonyl (C=O) groups excluding carboxylic acids is 1. The van der Waals surface area contributed by atoms with Crippen LogP contribution in [0.1, 0.15) is 17.5 Å². The Bertz CT molecular complexity index is 623. The predicted molar refractivity (Wildman–Crippen MR) is 89.1 cm³/mol. The Morgan fingerprint density at radius 2 is 1.81 bits per heavy atom. The molecule has 0 atom stereocenters. The van der Waals surface area contributed by atoms with Crippen LogP contribution in [-0.4, -0.2) is 12.5 Å². The fourth-order valence-corrected chi connectivity index (χ4v) is 2.11. The van der Waals surface area contributed by atoms with Crippen LogP contribution in [0.15, 0.2) is 42.5 Å². The van der Waals surface area contributed by atoms with Crippen molar-refractivity contribution in [3.05, 3.63) is 58.6 Å². The fraction of sp³-hybridized carbons (Fsp3) is 0.235. The van der Waals surface area contributed by atoms with Gasteiger partial charge in [0.25, 0.3) is 0 Å². The van der Waals surface area contributed by atoms with E-state index in [1.807, 2.05) is 50.2 Å². The van der Waals surface area contributed by atoms with Crippen LogP contribution in [0.25, 0.3) is 0 Å². The highest BCUT2D eigenvalue weighted by atomic mass is 35.5. The van der Waals surface area contributed by atoms with E-state index in [0.29, 0.717) is 18.0 Å². The second kappa shape index (κ2) is 7.14. The number of benzene rings is 2. The molecule has 0 saturated heterocycles. The first-order chi connectivity index (χ1) is 10.0. The first-order valence-electron chi connectivity index (χ1n) is 6.91. The van der Waals surface area contributed by atoms with Crippen LogP contribution in [0.3, 0.4) is 0 Å². The molecule has 2 rings (SSSR count). The maximum Gasteiger partial charge on any atom is 0.226 e. The van der Waals surface area contributed by atoms with Crippen LogP contribution < -0.4 is 10.6 Å². The molecule has 0 aromatic heterocycles. The van der Waals surface area contributed by atoms with E-state index in [1.54, 1.807) is 6.07 Å². The Labute approximate surface area is 130 Å². The number of anilines is 2. The molecule has 0 fully saturated rings. The van der Waals surface area contributed by atoms with E-state index < -0.39 is 0 Å². The molecule has 0 aliphatic rings. The molecule has 0 saturated carbocycles. The molecule has 21 heavy (non-hydrogen) atoms. The van der Waals surface area contributed by atoms with Crippen LogP contribution in [0.2, 0.25) is 5.02 Å². The number of hydrogen-bond donors (Lipinski definition) is 2. The summed E-state index contributed by atoms with van der Waals surface area (Å²) in [5, 5.41) is 6.73. The highest BCUT2D eigenvalue weighted by Gasteiger charge is 2.05. The lowest BCUT2D eigenvalue weighted by Gasteiger charge is -2.10. The van der Waals surface area contributed by atoms with Crippen molar-refractivity contribution in [3.8, 4) is 0 Å². The van der Waals surface area contributed by atoms with Crippen molar-refractivity contribution in [2.75, 3.05) is 17.2 Å². The summed E-state index contributed by atoms with van der Waals surface area (Å²) >= 11 is 5.93. The van der Waals surface area contributed by atoms with Gasteiger partial charge in [-0.3, -0.25) is 4.79 Å². The molecule has 0 unspecified atom stereocenters.